The topological polar surface area (TPSA) is 44.1 Å². The zero-order valence-electron chi connectivity index (χ0n) is 8.57. The monoisotopic (exact) mass is 272 g/mol. The summed E-state index contributed by atoms with van der Waals surface area (Å²) >= 11 is 3.27. The maximum Gasteiger partial charge on any atom is 0.342 e. The summed E-state index contributed by atoms with van der Waals surface area (Å²) < 4.78 is 7.12. The molecule has 82 valence electrons. The molecule has 5 heteroatoms. The number of carbonyl (C=O) groups excluding carboxylic acids is 1. The number of ether oxygens (including phenoxy) is 1. The van der Waals surface area contributed by atoms with E-state index in [-0.39, 0.29) is 5.97 Å². The molecule has 0 saturated heterocycles. The van der Waals surface area contributed by atoms with E-state index in [1.807, 2.05) is 4.68 Å². The standard InChI is InChI=1S/C10H13BrN2O2/c1-15-10(14)8-6-13(12-9(8)11)7-4-2-3-5-7/h6-7H,2-5H2,1H3. The molecule has 1 aliphatic rings. The summed E-state index contributed by atoms with van der Waals surface area (Å²) in [7, 11) is 1.38. The number of esters is 1. The van der Waals surface area contributed by atoms with E-state index in [4.69, 9.17) is 0 Å². The molecule has 0 radical (unpaired) electrons. The van der Waals surface area contributed by atoms with E-state index in [1.54, 1.807) is 6.20 Å². The van der Waals surface area contributed by atoms with Crippen molar-refractivity contribution in [2.45, 2.75) is 31.7 Å². The summed E-state index contributed by atoms with van der Waals surface area (Å²) in [6.07, 6.45) is 6.56. The van der Waals surface area contributed by atoms with Gasteiger partial charge in [-0.05, 0) is 28.8 Å². The highest BCUT2D eigenvalue weighted by Gasteiger charge is 2.21. The number of rotatable bonds is 2. The van der Waals surface area contributed by atoms with Gasteiger partial charge in [0.05, 0.1) is 13.2 Å². The van der Waals surface area contributed by atoms with Crippen LogP contribution in [0.3, 0.4) is 0 Å². The van der Waals surface area contributed by atoms with Crippen LogP contribution in [0.2, 0.25) is 0 Å². The van der Waals surface area contributed by atoms with Crippen molar-refractivity contribution in [3.8, 4) is 0 Å². The number of carbonyl (C=O) groups is 1. The predicted molar refractivity (Wildman–Crippen MR) is 58.8 cm³/mol. The van der Waals surface area contributed by atoms with Gasteiger partial charge in [-0.15, -0.1) is 0 Å². The number of nitrogens with zero attached hydrogens (tertiary/aromatic N) is 2. The van der Waals surface area contributed by atoms with Crippen molar-refractivity contribution < 1.29 is 9.53 Å². The van der Waals surface area contributed by atoms with Gasteiger partial charge in [0, 0.05) is 6.20 Å². The van der Waals surface area contributed by atoms with E-state index in [2.05, 4.69) is 25.8 Å². The average molecular weight is 273 g/mol. The molecule has 1 fully saturated rings. The second kappa shape index (κ2) is 4.35. The largest absolute Gasteiger partial charge is 0.465 e. The number of hydrogen-bond donors (Lipinski definition) is 0. The predicted octanol–water partition coefficient (Wildman–Crippen LogP) is 2.55. The highest BCUT2D eigenvalue weighted by atomic mass is 79.9. The molecule has 2 rings (SSSR count). The molecule has 0 atom stereocenters. The van der Waals surface area contributed by atoms with Gasteiger partial charge >= 0.3 is 5.97 Å². The number of methoxy groups -OCH3 is 1. The molecule has 1 aliphatic carbocycles. The van der Waals surface area contributed by atoms with Crippen LogP contribution < -0.4 is 0 Å². The third kappa shape index (κ3) is 2.07. The molecular formula is C10H13BrN2O2. The van der Waals surface area contributed by atoms with Crippen molar-refractivity contribution in [3.63, 3.8) is 0 Å². The molecular weight excluding hydrogens is 260 g/mol. The number of halogens is 1. The molecule has 0 spiro atoms. The van der Waals surface area contributed by atoms with Crippen LogP contribution in [0.5, 0.6) is 0 Å². The molecule has 0 aromatic carbocycles. The van der Waals surface area contributed by atoms with Crippen LogP contribution >= 0.6 is 15.9 Å². The molecule has 0 aliphatic heterocycles. The third-order valence-corrected chi connectivity index (χ3v) is 3.38. The number of hydrogen-bond acceptors (Lipinski definition) is 3. The summed E-state index contributed by atoms with van der Waals surface area (Å²) in [6.45, 7) is 0. The summed E-state index contributed by atoms with van der Waals surface area (Å²) in [5.74, 6) is -0.342. The lowest BCUT2D eigenvalue weighted by Crippen LogP contribution is -2.05. The van der Waals surface area contributed by atoms with Crippen LogP contribution in [0.15, 0.2) is 10.8 Å². The van der Waals surface area contributed by atoms with Crippen LogP contribution in [-0.4, -0.2) is 22.9 Å². The SMILES string of the molecule is COC(=O)c1cn(C2CCCC2)nc1Br. The van der Waals surface area contributed by atoms with Gasteiger partial charge < -0.3 is 4.74 Å². The first-order chi connectivity index (χ1) is 7.22. The van der Waals surface area contributed by atoms with Crippen LogP contribution in [0.25, 0.3) is 0 Å². The van der Waals surface area contributed by atoms with Gasteiger partial charge in [-0.25, -0.2) is 4.79 Å². The average Bonchev–Trinajstić information content (AvgIpc) is 2.84. The molecule has 0 amide bonds. The minimum absolute atomic E-state index is 0.342. The molecule has 0 bridgehead atoms. The summed E-state index contributed by atoms with van der Waals surface area (Å²) in [5.41, 5.74) is 0.504. The minimum atomic E-state index is -0.342. The van der Waals surface area contributed by atoms with Crippen LogP contribution in [0, 0.1) is 0 Å². The van der Waals surface area contributed by atoms with Crippen LogP contribution in [0.1, 0.15) is 42.1 Å². The van der Waals surface area contributed by atoms with E-state index >= 15 is 0 Å². The fourth-order valence-corrected chi connectivity index (χ4v) is 2.42. The smallest absolute Gasteiger partial charge is 0.342 e. The fraction of sp³-hybridized carbons (Fsp3) is 0.600. The molecule has 1 aromatic heterocycles. The molecule has 4 nitrogen and oxygen atoms in total. The Morgan fingerprint density at radius 3 is 2.87 bits per heavy atom. The van der Waals surface area contributed by atoms with E-state index in [0.717, 1.165) is 12.8 Å². The Hall–Kier alpha value is -0.840. The van der Waals surface area contributed by atoms with Crippen molar-refractivity contribution in [2.75, 3.05) is 7.11 Å². The number of aromatic nitrogens is 2. The third-order valence-electron chi connectivity index (χ3n) is 2.79. The molecule has 15 heavy (non-hydrogen) atoms. The second-order valence-corrected chi connectivity index (χ2v) is 4.49. The maximum absolute atomic E-state index is 11.4. The van der Waals surface area contributed by atoms with Crippen molar-refractivity contribution in [1.82, 2.24) is 9.78 Å². The van der Waals surface area contributed by atoms with E-state index < -0.39 is 0 Å². The molecule has 1 heterocycles. The zero-order chi connectivity index (χ0) is 10.8. The maximum atomic E-state index is 11.4. The van der Waals surface area contributed by atoms with Crippen molar-refractivity contribution >= 4 is 21.9 Å². The first-order valence-corrected chi connectivity index (χ1v) is 5.84. The quantitative estimate of drug-likeness (QED) is 0.778. The van der Waals surface area contributed by atoms with E-state index in [9.17, 15) is 4.79 Å². The molecule has 0 N–H and O–H groups in total. The Bertz CT molecular complexity index is 369. The molecule has 1 aromatic rings. The lowest BCUT2D eigenvalue weighted by molar-refractivity contribution is 0.0599. The Kier molecular flexibility index (Phi) is 3.09. The van der Waals surface area contributed by atoms with Gasteiger partial charge in [0.2, 0.25) is 0 Å². The van der Waals surface area contributed by atoms with Gasteiger partial charge in [0.25, 0.3) is 0 Å². The highest BCUT2D eigenvalue weighted by molar-refractivity contribution is 9.10. The van der Waals surface area contributed by atoms with Gasteiger partial charge in [-0.1, -0.05) is 12.8 Å². The van der Waals surface area contributed by atoms with Gasteiger partial charge in [-0.3, -0.25) is 4.68 Å². The lowest BCUT2D eigenvalue weighted by atomic mass is 10.2. The highest BCUT2D eigenvalue weighted by Crippen LogP contribution is 2.30. The van der Waals surface area contributed by atoms with Crippen molar-refractivity contribution in [3.05, 3.63) is 16.4 Å². The molecule has 0 unspecified atom stereocenters. The van der Waals surface area contributed by atoms with Crippen molar-refractivity contribution in [2.24, 2.45) is 0 Å². The Morgan fingerprint density at radius 1 is 1.60 bits per heavy atom. The minimum Gasteiger partial charge on any atom is -0.465 e. The van der Waals surface area contributed by atoms with Gasteiger partial charge in [0.1, 0.15) is 10.2 Å². The normalized spacial score (nSPS) is 16.9. The van der Waals surface area contributed by atoms with E-state index in [0.29, 0.717) is 16.2 Å². The lowest BCUT2D eigenvalue weighted by Gasteiger charge is -2.08. The second-order valence-electron chi connectivity index (χ2n) is 3.74. The van der Waals surface area contributed by atoms with Gasteiger partial charge in [-0.2, -0.15) is 5.10 Å². The van der Waals surface area contributed by atoms with Gasteiger partial charge in [0.15, 0.2) is 0 Å². The summed E-state index contributed by atoms with van der Waals surface area (Å²) in [5, 5.41) is 4.29. The first kappa shape index (κ1) is 10.7. The van der Waals surface area contributed by atoms with E-state index in [1.165, 1.54) is 20.0 Å². The van der Waals surface area contributed by atoms with Crippen LogP contribution in [0.4, 0.5) is 0 Å². The first-order valence-electron chi connectivity index (χ1n) is 5.05. The summed E-state index contributed by atoms with van der Waals surface area (Å²) in [4.78, 5) is 11.4. The fourth-order valence-electron chi connectivity index (χ4n) is 1.97. The Morgan fingerprint density at radius 2 is 2.27 bits per heavy atom. The Balaban J connectivity index is 2.23. The molecule has 1 saturated carbocycles. The summed E-state index contributed by atoms with van der Waals surface area (Å²) in [6, 6.07) is 0.444. The van der Waals surface area contributed by atoms with Crippen LogP contribution in [-0.2, 0) is 4.74 Å². The zero-order valence-corrected chi connectivity index (χ0v) is 10.2. The Labute approximate surface area is 96.7 Å². The van der Waals surface area contributed by atoms with Crippen molar-refractivity contribution in [1.29, 1.82) is 0 Å².